The molecular weight excluding hydrogens is 245 g/mol. The number of hydrogen-bond acceptors (Lipinski definition) is 3. The summed E-state index contributed by atoms with van der Waals surface area (Å²) < 4.78 is 13.1. The number of benzene rings is 1. The molecule has 4 heteroatoms. The molecule has 1 unspecified atom stereocenters. The molecule has 0 saturated carbocycles. The van der Waals surface area contributed by atoms with Crippen LogP contribution in [0.15, 0.2) is 24.3 Å². The maximum atomic E-state index is 13.1. The van der Waals surface area contributed by atoms with E-state index in [2.05, 4.69) is 4.90 Å². The Morgan fingerprint density at radius 2 is 2.05 bits per heavy atom. The molecule has 0 bridgehead atoms. The summed E-state index contributed by atoms with van der Waals surface area (Å²) in [6, 6.07) is 6.16. The maximum Gasteiger partial charge on any atom is 0.123 e. The highest BCUT2D eigenvalue weighted by molar-refractivity contribution is 5.18. The molecule has 1 fully saturated rings. The Bertz CT molecular complexity index is 391. The Morgan fingerprint density at radius 3 is 2.68 bits per heavy atom. The maximum absolute atomic E-state index is 13.1. The van der Waals surface area contributed by atoms with Crippen molar-refractivity contribution < 1.29 is 14.6 Å². The van der Waals surface area contributed by atoms with Crippen LogP contribution in [0.2, 0.25) is 0 Å². The molecule has 3 nitrogen and oxygen atoms in total. The number of aliphatic hydroxyl groups is 2. The van der Waals surface area contributed by atoms with Crippen LogP contribution < -0.4 is 0 Å². The SMILES string of the molecule is OCC1CCN(CCC(O)c2cccc(F)c2)CC1. The molecule has 0 spiro atoms. The number of halogens is 1. The number of piperidine rings is 1. The standard InChI is InChI=1S/C15H22FNO2/c16-14-3-1-2-13(10-14)15(19)6-9-17-7-4-12(11-18)5-8-17/h1-3,10,12,15,18-19H,4-9,11H2. The van der Waals surface area contributed by atoms with Crippen LogP contribution >= 0.6 is 0 Å². The highest BCUT2D eigenvalue weighted by Crippen LogP contribution is 2.20. The van der Waals surface area contributed by atoms with E-state index in [1.165, 1.54) is 12.1 Å². The van der Waals surface area contributed by atoms with Gasteiger partial charge in [-0.05, 0) is 56.0 Å². The minimum absolute atomic E-state index is 0.278. The van der Waals surface area contributed by atoms with Crippen molar-refractivity contribution in [1.29, 1.82) is 0 Å². The van der Waals surface area contributed by atoms with Gasteiger partial charge < -0.3 is 15.1 Å². The van der Waals surface area contributed by atoms with Crippen molar-refractivity contribution >= 4 is 0 Å². The van der Waals surface area contributed by atoms with Gasteiger partial charge in [0.1, 0.15) is 5.82 Å². The van der Waals surface area contributed by atoms with Crippen molar-refractivity contribution in [2.75, 3.05) is 26.2 Å². The molecule has 1 atom stereocenters. The van der Waals surface area contributed by atoms with Gasteiger partial charge in [-0.2, -0.15) is 0 Å². The lowest BCUT2D eigenvalue weighted by Crippen LogP contribution is -2.35. The molecule has 1 aliphatic rings. The first-order chi connectivity index (χ1) is 9.19. The van der Waals surface area contributed by atoms with Crippen molar-refractivity contribution in [3.63, 3.8) is 0 Å². The Balaban J connectivity index is 1.76. The first-order valence-electron chi connectivity index (χ1n) is 6.96. The topological polar surface area (TPSA) is 43.7 Å². The van der Waals surface area contributed by atoms with Gasteiger partial charge in [0.15, 0.2) is 0 Å². The fourth-order valence-electron chi connectivity index (χ4n) is 2.58. The molecule has 1 aromatic rings. The van der Waals surface area contributed by atoms with Crippen molar-refractivity contribution in [1.82, 2.24) is 4.90 Å². The molecule has 0 amide bonds. The lowest BCUT2D eigenvalue weighted by atomic mass is 9.97. The summed E-state index contributed by atoms with van der Waals surface area (Å²) in [6.07, 6.45) is 2.05. The van der Waals surface area contributed by atoms with Crippen LogP contribution in [0.1, 0.15) is 30.9 Å². The molecule has 2 rings (SSSR count). The van der Waals surface area contributed by atoms with Crippen molar-refractivity contribution in [2.24, 2.45) is 5.92 Å². The van der Waals surface area contributed by atoms with Crippen LogP contribution in [-0.2, 0) is 0 Å². The van der Waals surface area contributed by atoms with Crippen LogP contribution in [0.4, 0.5) is 4.39 Å². The quantitative estimate of drug-likeness (QED) is 0.857. The zero-order valence-corrected chi connectivity index (χ0v) is 11.1. The molecule has 1 aliphatic heterocycles. The van der Waals surface area contributed by atoms with E-state index < -0.39 is 6.10 Å². The molecule has 2 N–H and O–H groups in total. The highest BCUT2D eigenvalue weighted by Gasteiger charge is 2.19. The van der Waals surface area contributed by atoms with Crippen LogP contribution in [0.5, 0.6) is 0 Å². The fraction of sp³-hybridized carbons (Fsp3) is 0.600. The summed E-state index contributed by atoms with van der Waals surface area (Å²) >= 11 is 0. The summed E-state index contributed by atoms with van der Waals surface area (Å²) in [6.45, 7) is 3.04. The third kappa shape index (κ3) is 4.27. The monoisotopic (exact) mass is 267 g/mol. The average molecular weight is 267 g/mol. The average Bonchev–Trinajstić information content (AvgIpc) is 2.45. The molecule has 0 aliphatic carbocycles. The van der Waals surface area contributed by atoms with Gasteiger partial charge >= 0.3 is 0 Å². The third-order valence-electron chi connectivity index (χ3n) is 3.92. The van der Waals surface area contributed by atoms with E-state index in [0.717, 1.165) is 32.5 Å². The van der Waals surface area contributed by atoms with Gasteiger partial charge in [0.05, 0.1) is 6.10 Å². The first-order valence-corrected chi connectivity index (χ1v) is 6.96. The van der Waals surface area contributed by atoms with Gasteiger partial charge in [-0.15, -0.1) is 0 Å². The van der Waals surface area contributed by atoms with E-state index in [4.69, 9.17) is 5.11 Å². The van der Waals surface area contributed by atoms with E-state index in [1.807, 2.05) is 0 Å². The predicted molar refractivity (Wildman–Crippen MR) is 72.2 cm³/mol. The van der Waals surface area contributed by atoms with Crippen molar-refractivity contribution in [2.45, 2.75) is 25.4 Å². The number of aliphatic hydroxyl groups excluding tert-OH is 2. The molecule has 106 valence electrons. The van der Waals surface area contributed by atoms with E-state index >= 15 is 0 Å². The zero-order chi connectivity index (χ0) is 13.7. The van der Waals surface area contributed by atoms with Gasteiger partial charge in [-0.3, -0.25) is 0 Å². The summed E-state index contributed by atoms with van der Waals surface area (Å²) in [5.41, 5.74) is 0.644. The van der Waals surface area contributed by atoms with Gasteiger partial charge in [0, 0.05) is 13.2 Å². The molecule has 1 heterocycles. The van der Waals surface area contributed by atoms with Crippen LogP contribution in [0.25, 0.3) is 0 Å². The number of nitrogens with zero attached hydrogens (tertiary/aromatic N) is 1. The third-order valence-corrected chi connectivity index (χ3v) is 3.92. The van der Waals surface area contributed by atoms with Gasteiger partial charge in [-0.1, -0.05) is 12.1 Å². The number of rotatable bonds is 5. The van der Waals surface area contributed by atoms with E-state index in [9.17, 15) is 9.50 Å². The van der Waals surface area contributed by atoms with Crippen LogP contribution in [0.3, 0.4) is 0 Å². The zero-order valence-electron chi connectivity index (χ0n) is 11.1. The van der Waals surface area contributed by atoms with Gasteiger partial charge in [0.2, 0.25) is 0 Å². The summed E-state index contributed by atoms with van der Waals surface area (Å²) in [5.74, 6) is 0.129. The second-order valence-corrected chi connectivity index (χ2v) is 5.33. The van der Waals surface area contributed by atoms with Crippen molar-refractivity contribution in [3.8, 4) is 0 Å². The largest absolute Gasteiger partial charge is 0.396 e. The van der Waals surface area contributed by atoms with E-state index in [1.54, 1.807) is 12.1 Å². The first kappa shape index (κ1) is 14.4. The Kier molecular flexibility index (Phi) is 5.31. The van der Waals surface area contributed by atoms with E-state index in [-0.39, 0.29) is 12.4 Å². The van der Waals surface area contributed by atoms with Gasteiger partial charge in [-0.25, -0.2) is 4.39 Å². The Morgan fingerprint density at radius 1 is 1.32 bits per heavy atom. The Labute approximate surface area is 113 Å². The number of hydrogen-bond donors (Lipinski definition) is 2. The van der Waals surface area contributed by atoms with Crippen LogP contribution in [0, 0.1) is 11.7 Å². The van der Waals surface area contributed by atoms with Gasteiger partial charge in [0.25, 0.3) is 0 Å². The normalized spacial score (nSPS) is 19.5. The smallest absolute Gasteiger partial charge is 0.123 e. The lowest BCUT2D eigenvalue weighted by Gasteiger charge is -2.31. The number of likely N-dealkylation sites (tertiary alicyclic amines) is 1. The summed E-state index contributed by atoms with van der Waals surface area (Å²) in [7, 11) is 0. The minimum Gasteiger partial charge on any atom is -0.396 e. The fourth-order valence-corrected chi connectivity index (χ4v) is 2.58. The molecule has 0 radical (unpaired) electrons. The second-order valence-electron chi connectivity index (χ2n) is 5.33. The molecule has 1 aromatic carbocycles. The molecule has 1 saturated heterocycles. The summed E-state index contributed by atoms with van der Waals surface area (Å²) in [5, 5.41) is 19.1. The van der Waals surface area contributed by atoms with Crippen molar-refractivity contribution in [3.05, 3.63) is 35.6 Å². The summed E-state index contributed by atoms with van der Waals surface area (Å²) in [4.78, 5) is 2.30. The molecule has 19 heavy (non-hydrogen) atoms. The molecular formula is C15H22FNO2. The van der Waals surface area contributed by atoms with Crippen LogP contribution in [-0.4, -0.2) is 41.4 Å². The lowest BCUT2D eigenvalue weighted by molar-refractivity contribution is 0.105. The van der Waals surface area contributed by atoms with E-state index in [0.29, 0.717) is 17.9 Å². The predicted octanol–water partition coefficient (Wildman–Crippen LogP) is 1.95. The molecule has 0 aromatic heterocycles. The minimum atomic E-state index is -0.605. The second kappa shape index (κ2) is 6.98. The Hall–Kier alpha value is -0.970. The highest BCUT2D eigenvalue weighted by atomic mass is 19.1.